The van der Waals surface area contributed by atoms with Crippen LogP contribution < -0.4 is 0 Å². The summed E-state index contributed by atoms with van der Waals surface area (Å²) < 4.78 is 0. The fraction of sp³-hybridized carbons (Fsp3) is 0.294. The lowest BCUT2D eigenvalue weighted by molar-refractivity contribution is 0.178. The van der Waals surface area contributed by atoms with Crippen LogP contribution in [0.3, 0.4) is 0 Å². The van der Waals surface area contributed by atoms with E-state index in [2.05, 4.69) is 50.4 Å². The smallest absolute Gasteiger partial charge is 0.0830 e. The molecule has 2 heteroatoms. The molecule has 100 valence electrons. The Labute approximate surface area is 119 Å². The van der Waals surface area contributed by atoms with E-state index in [1.54, 1.807) is 11.8 Å². The van der Waals surface area contributed by atoms with Crippen molar-refractivity contribution in [3.05, 3.63) is 64.7 Å². The molecule has 0 spiro atoms. The number of thioether (sulfide) groups is 1. The second-order valence-corrected chi connectivity index (χ2v) is 5.74. The van der Waals surface area contributed by atoms with Gasteiger partial charge in [-0.05, 0) is 54.5 Å². The highest BCUT2D eigenvalue weighted by atomic mass is 32.2. The predicted octanol–water partition coefficient (Wildman–Crippen LogP) is 4.30. The summed E-state index contributed by atoms with van der Waals surface area (Å²) in [5.41, 5.74) is 4.74. The summed E-state index contributed by atoms with van der Waals surface area (Å²) in [6.07, 6.45) is 2.30. The third-order valence-electron chi connectivity index (χ3n) is 3.54. The van der Waals surface area contributed by atoms with E-state index in [0.717, 1.165) is 5.56 Å². The monoisotopic (exact) mass is 272 g/mol. The molecule has 2 aromatic rings. The van der Waals surface area contributed by atoms with Crippen LogP contribution in [0.15, 0.2) is 47.4 Å². The molecule has 2 rings (SSSR count). The highest BCUT2D eigenvalue weighted by Gasteiger charge is 2.11. The zero-order valence-electron chi connectivity index (χ0n) is 11.7. The molecule has 2 aromatic carbocycles. The third kappa shape index (κ3) is 3.40. The molecule has 0 bridgehead atoms. The maximum atomic E-state index is 10.4. The highest BCUT2D eigenvalue weighted by molar-refractivity contribution is 7.98. The van der Waals surface area contributed by atoms with Gasteiger partial charge in [0.05, 0.1) is 6.10 Å². The first-order valence-electron chi connectivity index (χ1n) is 6.49. The van der Waals surface area contributed by atoms with Crippen LogP contribution in [0.4, 0.5) is 0 Å². The molecule has 0 aliphatic carbocycles. The summed E-state index contributed by atoms with van der Waals surface area (Å²) in [7, 11) is 0. The SMILES string of the molecule is CSc1ccc(C(O)Cc2c(C)cccc2C)cc1. The van der Waals surface area contributed by atoms with Gasteiger partial charge in [0, 0.05) is 11.3 Å². The van der Waals surface area contributed by atoms with Crippen molar-refractivity contribution in [2.75, 3.05) is 6.26 Å². The second-order valence-electron chi connectivity index (χ2n) is 4.86. The molecule has 0 aliphatic rings. The molecule has 1 N–H and O–H groups in total. The highest BCUT2D eigenvalue weighted by Crippen LogP contribution is 2.24. The number of hydrogen-bond donors (Lipinski definition) is 1. The quantitative estimate of drug-likeness (QED) is 0.837. The molecule has 0 saturated heterocycles. The molecule has 0 amide bonds. The molecule has 0 aromatic heterocycles. The van der Waals surface area contributed by atoms with Gasteiger partial charge in [-0.1, -0.05) is 30.3 Å². The maximum Gasteiger partial charge on any atom is 0.0830 e. The average molecular weight is 272 g/mol. The van der Waals surface area contributed by atoms with Crippen molar-refractivity contribution >= 4 is 11.8 Å². The molecule has 0 saturated carbocycles. The van der Waals surface area contributed by atoms with E-state index in [1.807, 2.05) is 12.1 Å². The average Bonchev–Trinajstić information content (AvgIpc) is 2.43. The number of aliphatic hydroxyl groups excluding tert-OH is 1. The van der Waals surface area contributed by atoms with Gasteiger partial charge < -0.3 is 5.11 Å². The van der Waals surface area contributed by atoms with E-state index in [4.69, 9.17) is 0 Å². The maximum absolute atomic E-state index is 10.4. The van der Waals surface area contributed by atoms with Gasteiger partial charge in [0.1, 0.15) is 0 Å². The van der Waals surface area contributed by atoms with Gasteiger partial charge in [-0.3, -0.25) is 0 Å². The zero-order chi connectivity index (χ0) is 13.8. The molecule has 0 radical (unpaired) electrons. The molecular weight excluding hydrogens is 252 g/mol. The summed E-state index contributed by atoms with van der Waals surface area (Å²) in [5, 5.41) is 10.4. The molecule has 0 heterocycles. The van der Waals surface area contributed by atoms with Crippen molar-refractivity contribution in [1.29, 1.82) is 0 Å². The Balaban J connectivity index is 2.18. The Hall–Kier alpha value is -1.25. The minimum absolute atomic E-state index is 0.435. The van der Waals surface area contributed by atoms with Crippen molar-refractivity contribution in [3.63, 3.8) is 0 Å². The van der Waals surface area contributed by atoms with Crippen molar-refractivity contribution in [2.45, 2.75) is 31.3 Å². The van der Waals surface area contributed by atoms with Gasteiger partial charge in [-0.15, -0.1) is 11.8 Å². The Bertz CT molecular complexity index is 525. The minimum atomic E-state index is -0.435. The first-order chi connectivity index (χ1) is 9.11. The van der Waals surface area contributed by atoms with Crippen LogP contribution in [0.25, 0.3) is 0 Å². The first-order valence-corrected chi connectivity index (χ1v) is 7.71. The summed E-state index contributed by atoms with van der Waals surface area (Å²) in [5.74, 6) is 0. The fourth-order valence-electron chi connectivity index (χ4n) is 2.31. The van der Waals surface area contributed by atoms with E-state index >= 15 is 0 Å². The van der Waals surface area contributed by atoms with E-state index in [1.165, 1.54) is 21.6 Å². The summed E-state index contributed by atoms with van der Waals surface area (Å²) in [6, 6.07) is 14.4. The molecule has 1 nitrogen and oxygen atoms in total. The number of aliphatic hydroxyl groups is 1. The van der Waals surface area contributed by atoms with Crippen molar-refractivity contribution in [2.24, 2.45) is 0 Å². The minimum Gasteiger partial charge on any atom is -0.388 e. The Morgan fingerprint density at radius 2 is 1.58 bits per heavy atom. The molecule has 0 aliphatic heterocycles. The van der Waals surface area contributed by atoms with Crippen LogP contribution in [0, 0.1) is 13.8 Å². The number of hydrogen-bond acceptors (Lipinski definition) is 2. The summed E-state index contributed by atoms with van der Waals surface area (Å²) >= 11 is 1.72. The molecular formula is C17H20OS. The van der Waals surface area contributed by atoms with E-state index < -0.39 is 6.10 Å². The Morgan fingerprint density at radius 3 is 2.11 bits per heavy atom. The summed E-state index contributed by atoms with van der Waals surface area (Å²) in [4.78, 5) is 1.23. The van der Waals surface area contributed by atoms with E-state index in [-0.39, 0.29) is 0 Å². The zero-order valence-corrected chi connectivity index (χ0v) is 12.5. The topological polar surface area (TPSA) is 20.2 Å². The lowest BCUT2D eigenvalue weighted by Gasteiger charge is -2.15. The third-order valence-corrected chi connectivity index (χ3v) is 4.29. The predicted molar refractivity (Wildman–Crippen MR) is 82.8 cm³/mol. The number of aryl methyl sites for hydroxylation is 2. The van der Waals surface area contributed by atoms with Crippen LogP contribution in [-0.2, 0) is 6.42 Å². The van der Waals surface area contributed by atoms with Crippen LogP contribution in [0.2, 0.25) is 0 Å². The van der Waals surface area contributed by atoms with Gasteiger partial charge in [0.2, 0.25) is 0 Å². The lowest BCUT2D eigenvalue weighted by atomic mass is 9.95. The largest absolute Gasteiger partial charge is 0.388 e. The van der Waals surface area contributed by atoms with Crippen LogP contribution in [0.1, 0.15) is 28.4 Å². The van der Waals surface area contributed by atoms with Crippen molar-refractivity contribution in [3.8, 4) is 0 Å². The second kappa shape index (κ2) is 6.27. The van der Waals surface area contributed by atoms with Gasteiger partial charge >= 0.3 is 0 Å². The van der Waals surface area contributed by atoms with Crippen molar-refractivity contribution < 1.29 is 5.11 Å². The fourth-order valence-corrected chi connectivity index (χ4v) is 2.72. The van der Waals surface area contributed by atoms with Gasteiger partial charge in [-0.25, -0.2) is 0 Å². The molecule has 0 fully saturated rings. The summed E-state index contributed by atoms with van der Waals surface area (Å²) in [6.45, 7) is 4.21. The van der Waals surface area contributed by atoms with Crippen LogP contribution in [0.5, 0.6) is 0 Å². The normalized spacial score (nSPS) is 12.4. The van der Waals surface area contributed by atoms with Gasteiger partial charge in [-0.2, -0.15) is 0 Å². The number of benzene rings is 2. The molecule has 1 atom stereocenters. The Morgan fingerprint density at radius 1 is 1.00 bits per heavy atom. The first kappa shape index (κ1) is 14.2. The standard InChI is InChI=1S/C17H20OS/c1-12-5-4-6-13(2)16(12)11-17(18)14-7-9-15(19-3)10-8-14/h4-10,17-18H,11H2,1-3H3. The van der Waals surface area contributed by atoms with Gasteiger partial charge in [0.25, 0.3) is 0 Å². The van der Waals surface area contributed by atoms with Crippen molar-refractivity contribution in [1.82, 2.24) is 0 Å². The lowest BCUT2D eigenvalue weighted by Crippen LogP contribution is -2.04. The van der Waals surface area contributed by atoms with Crippen LogP contribution >= 0.6 is 11.8 Å². The van der Waals surface area contributed by atoms with Gasteiger partial charge in [0.15, 0.2) is 0 Å². The Kier molecular flexibility index (Phi) is 4.67. The van der Waals surface area contributed by atoms with E-state index in [0.29, 0.717) is 6.42 Å². The molecule has 19 heavy (non-hydrogen) atoms. The number of rotatable bonds is 4. The van der Waals surface area contributed by atoms with Crippen LogP contribution in [-0.4, -0.2) is 11.4 Å². The molecule has 1 unspecified atom stereocenters. The van der Waals surface area contributed by atoms with E-state index in [9.17, 15) is 5.11 Å².